The van der Waals surface area contributed by atoms with E-state index in [0.29, 0.717) is 12.4 Å². The molecule has 4 N–H and O–H groups in total. The van der Waals surface area contributed by atoms with Crippen LogP contribution in [0.15, 0.2) is 35.8 Å². The van der Waals surface area contributed by atoms with Crippen molar-refractivity contribution in [2.45, 2.75) is 6.54 Å². The molecule has 1 aromatic carbocycles. The first-order chi connectivity index (χ1) is 8.60. The average molecular weight is 248 g/mol. The highest BCUT2D eigenvalue weighted by molar-refractivity contribution is 5.27. The zero-order valence-electron chi connectivity index (χ0n) is 10.9. The Kier molecular flexibility index (Phi) is 3.62. The van der Waals surface area contributed by atoms with E-state index in [2.05, 4.69) is 17.0 Å². The van der Waals surface area contributed by atoms with E-state index in [9.17, 15) is 0 Å². The zero-order valence-corrected chi connectivity index (χ0v) is 10.9. The van der Waals surface area contributed by atoms with Gasteiger partial charge in [0, 0.05) is 20.1 Å². The second-order valence-electron chi connectivity index (χ2n) is 4.58. The van der Waals surface area contributed by atoms with Crippen LogP contribution in [0.1, 0.15) is 5.56 Å². The van der Waals surface area contributed by atoms with Gasteiger partial charge in [-0.1, -0.05) is 12.1 Å². The van der Waals surface area contributed by atoms with Crippen molar-refractivity contribution in [1.29, 1.82) is 0 Å². The molecule has 0 amide bonds. The predicted octanol–water partition coefficient (Wildman–Crippen LogP) is 0.487. The van der Waals surface area contributed by atoms with Crippen LogP contribution in [0.3, 0.4) is 0 Å². The van der Waals surface area contributed by atoms with Gasteiger partial charge in [-0.3, -0.25) is 4.90 Å². The van der Waals surface area contributed by atoms with Gasteiger partial charge in [-0.05, 0) is 17.7 Å². The van der Waals surface area contributed by atoms with Gasteiger partial charge in [0.05, 0.1) is 19.5 Å². The average Bonchev–Trinajstić information content (AvgIpc) is 2.37. The van der Waals surface area contributed by atoms with Crippen molar-refractivity contribution in [2.24, 2.45) is 11.5 Å². The third-order valence-corrected chi connectivity index (χ3v) is 3.11. The number of ether oxygens (including phenoxy) is 1. The monoisotopic (exact) mass is 248 g/mol. The second kappa shape index (κ2) is 5.18. The normalized spacial score (nSPS) is 17.1. The van der Waals surface area contributed by atoms with E-state index in [1.54, 1.807) is 7.11 Å². The third-order valence-electron chi connectivity index (χ3n) is 3.11. The van der Waals surface area contributed by atoms with Crippen molar-refractivity contribution < 1.29 is 4.74 Å². The van der Waals surface area contributed by atoms with E-state index in [1.165, 1.54) is 5.56 Å². The quantitative estimate of drug-likeness (QED) is 0.814. The fourth-order valence-electron chi connectivity index (χ4n) is 2.09. The number of nitrogens with zero attached hydrogens (tertiary/aromatic N) is 2. The molecule has 0 unspecified atom stereocenters. The van der Waals surface area contributed by atoms with E-state index in [-0.39, 0.29) is 0 Å². The van der Waals surface area contributed by atoms with Crippen molar-refractivity contribution >= 4 is 0 Å². The molecule has 1 aliphatic rings. The third kappa shape index (κ3) is 2.68. The molecule has 0 saturated heterocycles. The SMILES string of the molecule is COc1ccc(CN2CC(N)=C(N)N(C)C2)cc1. The molecule has 5 heteroatoms. The summed E-state index contributed by atoms with van der Waals surface area (Å²) in [6.45, 7) is 2.35. The number of hydrogen-bond donors (Lipinski definition) is 2. The molecule has 0 bridgehead atoms. The van der Waals surface area contributed by atoms with E-state index < -0.39 is 0 Å². The molecule has 0 radical (unpaired) electrons. The van der Waals surface area contributed by atoms with Gasteiger partial charge in [-0.25, -0.2) is 0 Å². The standard InChI is InChI=1S/C13H20N4O/c1-16-9-17(8-12(14)13(16)15)7-10-3-5-11(18-2)6-4-10/h3-6H,7-9,14-15H2,1-2H3. The summed E-state index contributed by atoms with van der Waals surface area (Å²) in [5.41, 5.74) is 13.7. The molecule has 1 aliphatic heterocycles. The van der Waals surface area contributed by atoms with E-state index in [0.717, 1.165) is 24.7 Å². The largest absolute Gasteiger partial charge is 0.497 e. The van der Waals surface area contributed by atoms with Gasteiger partial charge >= 0.3 is 0 Å². The lowest BCUT2D eigenvalue weighted by molar-refractivity contribution is 0.161. The first kappa shape index (κ1) is 12.6. The highest BCUT2D eigenvalue weighted by atomic mass is 16.5. The maximum absolute atomic E-state index is 5.91. The van der Waals surface area contributed by atoms with Gasteiger partial charge in [0.25, 0.3) is 0 Å². The number of methoxy groups -OCH3 is 1. The molecule has 0 atom stereocenters. The Balaban J connectivity index is 2.02. The summed E-state index contributed by atoms with van der Waals surface area (Å²) >= 11 is 0. The minimum absolute atomic E-state index is 0.681. The molecule has 0 saturated carbocycles. The lowest BCUT2D eigenvalue weighted by Gasteiger charge is -2.35. The van der Waals surface area contributed by atoms with E-state index in [4.69, 9.17) is 16.2 Å². The first-order valence-corrected chi connectivity index (χ1v) is 5.90. The zero-order chi connectivity index (χ0) is 13.1. The van der Waals surface area contributed by atoms with Crippen LogP contribution >= 0.6 is 0 Å². The smallest absolute Gasteiger partial charge is 0.120 e. The lowest BCUT2D eigenvalue weighted by Crippen LogP contribution is -2.45. The Bertz CT molecular complexity index is 441. The van der Waals surface area contributed by atoms with Gasteiger partial charge in [0.15, 0.2) is 0 Å². The second-order valence-corrected chi connectivity index (χ2v) is 4.58. The molecule has 2 rings (SSSR count). The summed E-state index contributed by atoms with van der Waals surface area (Å²) in [5.74, 6) is 1.55. The molecule has 0 aliphatic carbocycles. The summed E-state index contributed by atoms with van der Waals surface area (Å²) in [7, 11) is 3.62. The summed E-state index contributed by atoms with van der Waals surface area (Å²) in [6.07, 6.45) is 0. The maximum Gasteiger partial charge on any atom is 0.120 e. The topological polar surface area (TPSA) is 67.8 Å². The van der Waals surface area contributed by atoms with Gasteiger partial charge in [0.1, 0.15) is 11.6 Å². The van der Waals surface area contributed by atoms with Crippen LogP contribution in [-0.2, 0) is 6.54 Å². The molecule has 0 spiro atoms. The predicted molar refractivity (Wildman–Crippen MR) is 71.4 cm³/mol. The molecule has 18 heavy (non-hydrogen) atoms. The highest BCUT2D eigenvalue weighted by Gasteiger charge is 2.18. The maximum atomic E-state index is 5.91. The molecular formula is C13H20N4O. The summed E-state index contributed by atoms with van der Waals surface area (Å²) < 4.78 is 5.14. The number of hydrogen-bond acceptors (Lipinski definition) is 5. The molecule has 0 aromatic heterocycles. The Morgan fingerprint density at radius 2 is 1.89 bits per heavy atom. The molecular weight excluding hydrogens is 228 g/mol. The van der Waals surface area contributed by atoms with Gasteiger partial charge in [-0.2, -0.15) is 0 Å². The van der Waals surface area contributed by atoms with Crippen LogP contribution in [-0.4, -0.2) is 37.2 Å². The van der Waals surface area contributed by atoms with Crippen LogP contribution in [0.25, 0.3) is 0 Å². The van der Waals surface area contributed by atoms with Crippen molar-refractivity contribution in [2.75, 3.05) is 27.4 Å². The number of benzene rings is 1. The summed E-state index contributed by atoms with van der Waals surface area (Å²) in [4.78, 5) is 4.20. The van der Waals surface area contributed by atoms with E-state index >= 15 is 0 Å². The van der Waals surface area contributed by atoms with Gasteiger partial charge < -0.3 is 21.1 Å². The fraction of sp³-hybridized carbons (Fsp3) is 0.385. The molecule has 1 aromatic rings. The van der Waals surface area contributed by atoms with Crippen LogP contribution in [0.5, 0.6) is 5.75 Å². The first-order valence-electron chi connectivity index (χ1n) is 5.90. The van der Waals surface area contributed by atoms with Gasteiger partial charge in [0.2, 0.25) is 0 Å². The van der Waals surface area contributed by atoms with Crippen molar-refractivity contribution in [3.8, 4) is 5.75 Å². The highest BCUT2D eigenvalue weighted by Crippen LogP contribution is 2.16. The Morgan fingerprint density at radius 1 is 1.22 bits per heavy atom. The van der Waals surface area contributed by atoms with E-state index in [1.807, 2.05) is 24.1 Å². The summed E-state index contributed by atoms with van der Waals surface area (Å²) in [5, 5.41) is 0. The Hall–Kier alpha value is -1.88. The molecule has 5 nitrogen and oxygen atoms in total. The van der Waals surface area contributed by atoms with Crippen molar-refractivity contribution in [3.63, 3.8) is 0 Å². The lowest BCUT2D eigenvalue weighted by atomic mass is 10.2. The fourth-order valence-corrected chi connectivity index (χ4v) is 2.09. The molecule has 98 valence electrons. The van der Waals surface area contributed by atoms with Crippen LogP contribution in [0.4, 0.5) is 0 Å². The minimum atomic E-state index is 0.681. The minimum Gasteiger partial charge on any atom is -0.497 e. The van der Waals surface area contributed by atoms with Crippen molar-refractivity contribution in [1.82, 2.24) is 9.80 Å². The van der Waals surface area contributed by atoms with Gasteiger partial charge in [-0.15, -0.1) is 0 Å². The van der Waals surface area contributed by atoms with Crippen LogP contribution in [0.2, 0.25) is 0 Å². The number of nitrogens with two attached hydrogens (primary N) is 2. The van der Waals surface area contributed by atoms with Crippen LogP contribution in [0, 0.1) is 0 Å². The Labute approximate surface area is 108 Å². The Morgan fingerprint density at radius 3 is 2.44 bits per heavy atom. The molecule has 0 fully saturated rings. The van der Waals surface area contributed by atoms with Crippen LogP contribution < -0.4 is 16.2 Å². The molecule has 1 heterocycles. The van der Waals surface area contributed by atoms with Crippen molar-refractivity contribution in [3.05, 3.63) is 41.3 Å². The number of rotatable bonds is 3. The summed E-state index contributed by atoms with van der Waals surface area (Å²) in [6, 6.07) is 8.07.